The van der Waals surface area contributed by atoms with Gasteiger partial charge in [-0.15, -0.1) is 11.3 Å². The number of carbonyl (C=O) groups is 1. The lowest BCUT2D eigenvalue weighted by Gasteiger charge is -2.05. The van der Waals surface area contributed by atoms with Crippen LogP contribution < -0.4 is 14.8 Å². The van der Waals surface area contributed by atoms with Gasteiger partial charge in [-0.25, -0.2) is 4.98 Å². The normalized spacial score (nSPS) is 12.1. The summed E-state index contributed by atoms with van der Waals surface area (Å²) in [5, 5.41) is 5.88. The van der Waals surface area contributed by atoms with Gasteiger partial charge in [-0.1, -0.05) is 12.1 Å². The number of amides is 1. The van der Waals surface area contributed by atoms with E-state index in [1.165, 1.54) is 0 Å². The van der Waals surface area contributed by atoms with Crippen molar-refractivity contribution in [1.29, 1.82) is 0 Å². The molecule has 2 aromatic heterocycles. The SMILES string of the molecule is O=C(CCc1ccc2c(c1)OCO2)NCCc1csc(-c2ccccn2)n1. The second kappa shape index (κ2) is 8.18. The molecule has 1 N–H and O–H groups in total. The summed E-state index contributed by atoms with van der Waals surface area (Å²) in [6.07, 6.45) is 3.58. The molecule has 1 amide bonds. The Balaban J connectivity index is 1.21. The molecule has 7 heteroatoms. The zero-order valence-corrected chi connectivity index (χ0v) is 15.5. The third-order valence-electron chi connectivity index (χ3n) is 4.22. The molecule has 0 saturated heterocycles. The first-order valence-electron chi connectivity index (χ1n) is 8.79. The Bertz CT molecular complexity index is 927. The molecule has 6 nitrogen and oxygen atoms in total. The number of nitrogens with zero attached hydrogens (tertiary/aromatic N) is 2. The molecule has 4 rings (SSSR count). The average molecular weight is 381 g/mol. The number of hydrogen-bond donors (Lipinski definition) is 1. The molecule has 0 aliphatic carbocycles. The van der Waals surface area contributed by atoms with Crippen LogP contribution in [0.2, 0.25) is 0 Å². The summed E-state index contributed by atoms with van der Waals surface area (Å²) in [5.74, 6) is 1.55. The van der Waals surface area contributed by atoms with Gasteiger partial charge in [0.25, 0.3) is 0 Å². The summed E-state index contributed by atoms with van der Waals surface area (Å²) in [7, 11) is 0. The fraction of sp³-hybridized carbons (Fsp3) is 0.250. The maximum atomic E-state index is 12.1. The molecular formula is C20H19N3O3S. The molecule has 0 unspecified atom stereocenters. The summed E-state index contributed by atoms with van der Waals surface area (Å²) < 4.78 is 10.7. The first-order chi connectivity index (χ1) is 13.3. The Hall–Kier alpha value is -2.93. The monoisotopic (exact) mass is 381 g/mol. The highest BCUT2D eigenvalue weighted by Crippen LogP contribution is 2.32. The number of thiazole rings is 1. The van der Waals surface area contributed by atoms with Gasteiger partial charge in [0.2, 0.25) is 12.7 Å². The summed E-state index contributed by atoms with van der Waals surface area (Å²) in [5.41, 5.74) is 2.91. The van der Waals surface area contributed by atoms with Crippen molar-refractivity contribution in [1.82, 2.24) is 15.3 Å². The van der Waals surface area contributed by atoms with Crippen LogP contribution in [-0.2, 0) is 17.6 Å². The molecule has 0 radical (unpaired) electrons. The first kappa shape index (κ1) is 17.5. The van der Waals surface area contributed by atoms with Gasteiger partial charge in [-0.05, 0) is 36.2 Å². The van der Waals surface area contributed by atoms with Crippen LogP contribution in [0.5, 0.6) is 11.5 Å². The highest BCUT2D eigenvalue weighted by Gasteiger charge is 2.13. The summed E-state index contributed by atoms with van der Waals surface area (Å²) in [6, 6.07) is 11.6. The molecule has 0 spiro atoms. The van der Waals surface area contributed by atoms with Crippen LogP contribution in [0, 0.1) is 0 Å². The topological polar surface area (TPSA) is 73.3 Å². The Labute approximate surface area is 161 Å². The van der Waals surface area contributed by atoms with Crippen molar-refractivity contribution in [2.24, 2.45) is 0 Å². The number of nitrogens with one attached hydrogen (secondary N) is 1. The van der Waals surface area contributed by atoms with E-state index in [0.29, 0.717) is 25.8 Å². The van der Waals surface area contributed by atoms with Crippen molar-refractivity contribution in [2.75, 3.05) is 13.3 Å². The van der Waals surface area contributed by atoms with Gasteiger partial charge < -0.3 is 14.8 Å². The number of pyridine rings is 1. The van der Waals surface area contributed by atoms with Crippen LogP contribution >= 0.6 is 11.3 Å². The van der Waals surface area contributed by atoms with E-state index in [9.17, 15) is 4.79 Å². The minimum Gasteiger partial charge on any atom is -0.454 e. The highest BCUT2D eigenvalue weighted by molar-refractivity contribution is 7.13. The van der Waals surface area contributed by atoms with Gasteiger partial charge in [-0.3, -0.25) is 9.78 Å². The molecule has 138 valence electrons. The molecule has 3 aromatic rings. The van der Waals surface area contributed by atoms with Gasteiger partial charge in [0.05, 0.1) is 11.4 Å². The van der Waals surface area contributed by atoms with E-state index in [1.807, 2.05) is 41.8 Å². The molecule has 1 aromatic carbocycles. The standard InChI is InChI=1S/C20H19N3O3S/c24-19(7-5-14-4-6-17-18(11-14)26-13-25-17)22-10-8-15-12-27-20(23-15)16-3-1-2-9-21-16/h1-4,6,9,11-12H,5,7-8,10,13H2,(H,22,24). The summed E-state index contributed by atoms with van der Waals surface area (Å²) in [4.78, 5) is 21.0. The lowest BCUT2D eigenvalue weighted by Crippen LogP contribution is -2.25. The van der Waals surface area contributed by atoms with E-state index >= 15 is 0 Å². The average Bonchev–Trinajstić information content (AvgIpc) is 3.36. The van der Waals surface area contributed by atoms with Crippen molar-refractivity contribution in [3.05, 3.63) is 59.2 Å². The van der Waals surface area contributed by atoms with E-state index in [2.05, 4.69) is 15.3 Å². The van der Waals surface area contributed by atoms with Gasteiger partial charge in [0.15, 0.2) is 11.5 Å². The zero-order valence-electron chi connectivity index (χ0n) is 14.7. The first-order valence-corrected chi connectivity index (χ1v) is 9.67. The maximum Gasteiger partial charge on any atom is 0.231 e. The van der Waals surface area contributed by atoms with E-state index in [-0.39, 0.29) is 12.7 Å². The molecular weight excluding hydrogens is 362 g/mol. The predicted molar refractivity (Wildman–Crippen MR) is 103 cm³/mol. The molecule has 1 aliphatic rings. The third kappa shape index (κ3) is 4.43. The Kier molecular flexibility index (Phi) is 5.29. The van der Waals surface area contributed by atoms with E-state index in [0.717, 1.165) is 33.5 Å². The van der Waals surface area contributed by atoms with Crippen molar-refractivity contribution < 1.29 is 14.3 Å². The fourth-order valence-corrected chi connectivity index (χ4v) is 3.63. The minimum atomic E-state index is 0.0350. The molecule has 0 atom stereocenters. The predicted octanol–water partition coefficient (Wildman–Crippen LogP) is 3.23. The van der Waals surface area contributed by atoms with Crippen molar-refractivity contribution in [3.8, 4) is 22.2 Å². The van der Waals surface area contributed by atoms with E-state index in [4.69, 9.17) is 9.47 Å². The van der Waals surface area contributed by atoms with Gasteiger partial charge in [0, 0.05) is 31.0 Å². The maximum absolute atomic E-state index is 12.1. The van der Waals surface area contributed by atoms with Crippen LogP contribution in [-0.4, -0.2) is 29.2 Å². The van der Waals surface area contributed by atoms with Crippen LogP contribution in [0.4, 0.5) is 0 Å². The van der Waals surface area contributed by atoms with Crippen LogP contribution in [0.1, 0.15) is 17.7 Å². The number of rotatable bonds is 7. The summed E-state index contributed by atoms with van der Waals surface area (Å²) >= 11 is 1.57. The van der Waals surface area contributed by atoms with E-state index in [1.54, 1.807) is 17.5 Å². The van der Waals surface area contributed by atoms with Gasteiger partial charge >= 0.3 is 0 Å². The lowest BCUT2D eigenvalue weighted by molar-refractivity contribution is -0.121. The largest absolute Gasteiger partial charge is 0.454 e. The number of fused-ring (bicyclic) bond motifs is 1. The van der Waals surface area contributed by atoms with Crippen molar-refractivity contribution >= 4 is 17.2 Å². The molecule has 1 aliphatic heterocycles. The van der Waals surface area contributed by atoms with Gasteiger partial charge in [-0.2, -0.15) is 0 Å². The number of ether oxygens (including phenoxy) is 2. The Morgan fingerprint density at radius 1 is 1.15 bits per heavy atom. The number of hydrogen-bond acceptors (Lipinski definition) is 6. The third-order valence-corrected chi connectivity index (χ3v) is 5.13. The molecule has 0 bridgehead atoms. The second-order valence-corrected chi connectivity index (χ2v) is 7.00. The molecule has 27 heavy (non-hydrogen) atoms. The second-order valence-electron chi connectivity index (χ2n) is 6.15. The molecule has 3 heterocycles. The minimum absolute atomic E-state index is 0.0350. The number of aryl methyl sites for hydroxylation is 1. The number of aromatic nitrogens is 2. The smallest absolute Gasteiger partial charge is 0.231 e. The zero-order chi connectivity index (χ0) is 18.5. The quantitative estimate of drug-likeness (QED) is 0.680. The van der Waals surface area contributed by atoms with Gasteiger partial charge in [0.1, 0.15) is 5.01 Å². The number of benzene rings is 1. The lowest BCUT2D eigenvalue weighted by atomic mass is 10.1. The Morgan fingerprint density at radius 3 is 2.96 bits per heavy atom. The Morgan fingerprint density at radius 2 is 2.07 bits per heavy atom. The number of carbonyl (C=O) groups excluding carboxylic acids is 1. The van der Waals surface area contributed by atoms with Crippen LogP contribution in [0.25, 0.3) is 10.7 Å². The summed E-state index contributed by atoms with van der Waals surface area (Å²) in [6.45, 7) is 0.837. The molecule has 0 saturated carbocycles. The van der Waals surface area contributed by atoms with Crippen LogP contribution in [0.15, 0.2) is 48.0 Å². The van der Waals surface area contributed by atoms with Crippen LogP contribution in [0.3, 0.4) is 0 Å². The van der Waals surface area contributed by atoms with Crippen molar-refractivity contribution in [3.63, 3.8) is 0 Å². The fourth-order valence-electron chi connectivity index (χ4n) is 2.80. The highest BCUT2D eigenvalue weighted by atomic mass is 32.1. The van der Waals surface area contributed by atoms with Crippen molar-refractivity contribution in [2.45, 2.75) is 19.3 Å². The molecule has 0 fully saturated rings. The van der Waals surface area contributed by atoms with E-state index < -0.39 is 0 Å².